The summed E-state index contributed by atoms with van der Waals surface area (Å²) in [5, 5.41) is 2.87. The molecule has 7 heteroatoms. The highest BCUT2D eigenvalue weighted by atomic mass is 16.7. The molecule has 2 heterocycles. The molecule has 2 aromatic carbocycles. The van der Waals surface area contributed by atoms with Crippen LogP contribution in [0.4, 0.5) is 0 Å². The average Bonchev–Trinajstić information content (AvgIpc) is 3.21. The van der Waals surface area contributed by atoms with Gasteiger partial charge >= 0.3 is 5.69 Å². The molecule has 1 aliphatic rings. The fraction of sp³-hybridized carbons (Fsp3) is 0.263. The number of nitrogens with zero attached hydrogens (tertiary/aromatic N) is 2. The lowest BCUT2D eigenvalue weighted by molar-refractivity contribution is -0.121. The lowest BCUT2D eigenvalue weighted by Gasteiger charge is -2.07. The predicted octanol–water partition coefficient (Wildman–Crippen LogP) is 1.43. The van der Waals surface area contributed by atoms with Gasteiger partial charge in [-0.15, -0.1) is 0 Å². The standard InChI is InChI=1S/C19H19N3O4/c1-21-14-4-2-3-5-15(14)22(19(21)24)11-18(23)20-9-8-13-6-7-16-17(10-13)26-12-25-16/h2-7,10H,8-9,11-12H2,1H3,(H,20,23). The second-order valence-electron chi connectivity index (χ2n) is 6.20. The Hall–Kier alpha value is -3.22. The maximum Gasteiger partial charge on any atom is 0.329 e. The Kier molecular flexibility index (Phi) is 4.12. The molecule has 1 N–H and O–H groups in total. The van der Waals surface area contributed by atoms with Crippen LogP contribution in [0.1, 0.15) is 5.56 Å². The van der Waals surface area contributed by atoms with E-state index in [0.29, 0.717) is 13.0 Å². The summed E-state index contributed by atoms with van der Waals surface area (Å²) in [7, 11) is 1.71. The molecular formula is C19H19N3O4. The summed E-state index contributed by atoms with van der Waals surface area (Å²) in [6, 6.07) is 13.2. The van der Waals surface area contributed by atoms with Crippen molar-refractivity contribution in [2.24, 2.45) is 7.05 Å². The number of hydrogen-bond acceptors (Lipinski definition) is 4. The number of ether oxygens (including phenoxy) is 2. The van der Waals surface area contributed by atoms with Crippen LogP contribution in [0.5, 0.6) is 11.5 Å². The molecule has 0 bridgehead atoms. The minimum absolute atomic E-state index is 0.00132. The number of imidazole rings is 1. The van der Waals surface area contributed by atoms with Crippen LogP contribution in [0, 0.1) is 0 Å². The molecule has 4 rings (SSSR count). The third-order valence-corrected chi connectivity index (χ3v) is 4.53. The molecule has 7 nitrogen and oxygen atoms in total. The Morgan fingerprint density at radius 3 is 2.73 bits per heavy atom. The van der Waals surface area contributed by atoms with Gasteiger partial charge in [-0.2, -0.15) is 0 Å². The van der Waals surface area contributed by atoms with E-state index in [9.17, 15) is 9.59 Å². The zero-order valence-electron chi connectivity index (χ0n) is 14.4. The first-order chi connectivity index (χ1) is 12.6. The zero-order chi connectivity index (χ0) is 18.1. The summed E-state index contributed by atoms with van der Waals surface area (Å²) in [5.74, 6) is 1.29. The number of aryl methyl sites for hydroxylation is 1. The van der Waals surface area contributed by atoms with Gasteiger partial charge in [0.25, 0.3) is 0 Å². The molecule has 1 aliphatic heterocycles. The normalized spacial score (nSPS) is 12.5. The first-order valence-corrected chi connectivity index (χ1v) is 8.43. The van der Waals surface area contributed by atoms with Gasteiger partial charge in [-0.05, 0) is 36.2 Å². The third kappa shape index (κ3) is 2.92. The van der Waals surface area contributed by atoms with E-state index in [1.54, 1.807) is 11.6 Å². The highest BCUT2D eigenvalue weighted by molar-refractivity contribution is 5.80. The van der Waals surface area contributed by atoms with Crippen LogP contribution in [-0.2, 0) is 24.8 Å². The minimum Gasteiger partial charge on any atom is -0.454 e. The second kappa shape index (κ2) is 6.59. The van der Waals surface area contributed by atoms with Crippen molar-refractivity contribution < 1.29 is 14.3 Å². The Morgan fingerprint density at radius 1 is 1.12 bits per heavy atom. The molecule has 134 valence electrons. The summed E-state index contributed by atoms with van der Waals surface area (Å²) in [6.07, 6.45) is 0.673. The van der Waals surface area contributed by atoms with Gasteiger partial charge in [0, 0.05) is 13.6 Å². The molecule has 0 fully saturated rings. The van der Waals surface area contributed by atoms with Crippen molar-refractivity contribution in [2.45, 2.75) is 13.0 Å². The van der Waals surface area contributed by atoms with Crippen LogP contribution in [0.3, 0.4) is 0 Å². The number of carbonyl (C=O) groups is 1. The summed E-state index contributed by atoms with van der Waals surface area (Å²) in [5.41, 5.74) is 2.42. The highest BCUT2D eigenvalue weighted by Crippen LogP contribution is 2.32. The number of nitrogens with one attached hydrogen (secondary N) is 1. The van der Waals surface area contributed by atoms with Crippen molar-refractivity contribution in [3.8, 4) is 11.5 Å². The van der Waals surface area contributed by atoms with Crippen molar-refractivity contribution in [3.05, 3.63) is 58.5 Å². The lowest BCUT2D eigenvalue weighted by Crippen LogP contribution is -2.33. The van der Waals surface area contributed by atoms with Crippen molar-refractivity contribution in [2.75, 3.05) is 13.3 Å². The molecule has 0 saturated carbocycles. The largest absolute Gasteiger partial charge is 0.454 e. The summed E-state index contributed by atoms with van der Waals surface area (Å²) >= 11 is 0. The van der Waals surface area contributed by atoms with Gasteiger partial charge in [0.15, 0.2) is 11.5 Å². The maximum atomic E-state index is 12.3. The first kappa shape index (κ1) is 16.3. The quantitative estimate of drug-likeness (QED) is 0.753. The number of fused-ring (bicyclic) bond motifs is 2. The number of aromatic nitrogens is 2. The number of amides is 1. The van der Waals surface area contributed by atoms with E-state index >= 15 is 0 Å². The monoisotopic (exact) mass is 353 g/mol. The number of hydrogen-bond donors (Lipinski definition) is 1. The number of carbonyl (C=O) groups excluding carboxylic acids is 1. The Labute approximate surface area is 149 Å². The molecule has 0 spiro atoms. The third-order valence-electron chi connectivity index (χ3n) is 4.53. The van der Waals surface area contributed by atoms with E-state index in [2.05, 4.69) is 5.32 Å². The van der Waals surface area contributed by atoms with Crippen molar-refractivity contribution in [3.63, 3.8) is 0 Å². The minimum atomic E-state index is -0.197. The molecule has 0 radical (unpaired) electrons. The Morgan fingerprint density at radius 2 is 1.88 bits per heavy atom. The lowest BCUT2D eigenvalue weighted by atomic mass is 10.1. The van der Waals surface area contributed by atoms with E-state index in [4.69, 9.17) is 9.47 Å². The first-order valence-electron chi connectivity index (χ1n) is 8.43. The van der Waals surface area contributed by atoms with Gasteiger partial charge in [-0.25, -0.2) is 4.79 Å². The van der Waals surface area contributed by atoms with Gasteiger partial charge in [-0.1, -0.05) is 18.2 Å². The van der Waals surface area contributed by atoms with Crippen molar-refractivity contribution >= 4 is 16.9 Å². The van der Waals surface area contributed by atoms with Gasteiger partial charge in [-0.3, -0.25) is 13.9 Å². The van der Waals surface area contributed by atoms with Gasteiger partial charge in [0.1, 0.15) is 6.54 Å². The number of para-hydroxylation sites is 2. The summed E-state index contributed by atoms with van der Waals surface area (Å²) in [6.45, 7) is 0.731. The number of benzene rings is 2. The van der Waals surface area contributed by atoms with E-state index in [1.165, 1.54) is 4.57 Å². The average molecular weight is 353 g/mol. The second-order valence-corrected chi connectivity index (χ2v) is 6.20. The Balaban J connectivity index is 1.39. The van der Waals surface area contributed by atoms with Crippen LogP contribution < -0.4 is 20.5 Å². The van der Waals surface area contributed by atoms with Gasteiger partial charge in [0.05, 0.1) is 11.0 Å². The van der Waals surface area contributed by atoms with Crippen LogP contribution in [-0.4, -0.2) is 28.4 Å². The molecular weight excluding hydrogens is 334 g/mol. The van der Waals surface area contributed by atoms with Crippen LogP contribution >= 0.6 is 0 Å². The summed E-state index contributed by atoms with van der Waals surface area (Å²) in [4.78, 5) is 24.6. The van der Waals surface area contributed by atoms with Crippen LogP contribution in [0.25, 0.3) is 11.0 Å². The highest BCUT2D eigenvalue weighted by Gasteiger charge is 2.14. The molecule has 26 heavy (non-hydrogen) atoms. The van der Waals surface area contributed by atoms with E-state index < -0.39 is 0 Å². The smallest absolute Gasteiger partial charge is 0.329 e. The van der Waals surface area contributed by atoms with Crippen LogP contribution in [0.2, 0.25) is 0 Å². The topological polar surface area (TPSA) is 74.5 Å². The van der Waals surface area contributed by atoms with Crippen LogP contribution in [0.15, 0.2) is 47.3 Å². The fourth-order valence-electron chi connectivity index (χ4n) is 3.16. The SMILES string of the molecule is Cn1c(=O)n(CC(=O)NCCc2ccc3c(c2)OCO3)c2ccccc21. The molecule has 0 saturated heterocycles. The van der Waals surface area contributed by atoms with Gasteiger partial charge in [0.2, 0.25) is 12.7 Å². The summed E-state index contributed by atoms with van der Waals surface area (Å²) < 4.78 is 13.7. The van der Waals surface area contributed by atoms with E-state index in [1.807, 2.05) is 42.5 Å². The maximum absolute atomic E-state index is 12.3. The molecule has 0 unspecified atom stereocenters. The van der Waals surface area contributed by atoms with Crippen molar-refractivity contribution in [1.29, 1.82) is 0 Å². The van der Waals surface area contributed by atoms with E-state index in [-0.39, 0.29) is 24.9 Å². The number of rotatable bonds is 5. The molecule has 0 atom stereocenters. The molecule has 3 aromatic rings. The molecule has 0 aliphatic carbocycles. The zero-order valence-corrected chi connectivity index (χ0v) is 14.4. The Bertz CT molecular complexity index is 1030. The predicted molar refractivity (Wildman–Crippen MR) is 96.5 cm³/mol. The molecule has 1 aromatic heterocycles. The fourth-order valence-corrected chi connectivity index (χ4v) is 3.16. The van der Waals surface area contributed by atoms with E-state index in [0.717, 1.165) is 28.1 Å². The van der Waals surface area contributed by atoms with Crippen molar-refractivity contribution in [1.82, 2.24) is 14.5 Å². The molecule has 1 amide bonds. The van der Waals surface area contributed by atoms with Gasteiger partial charge < -0.3 is 14.8 Å².